The number of hydrogen-bond acceptors (Lipinski definition) is 4. The number of fused-ring (bicyclic) bond motifs is 3. The molecular formula is C20H23N5O3. The van der Waals surface area contributed by atoms with Crippen LogP contribution in [0.5, 0.6) is 0 Å². The smallest absolute Gasteiger partial charge is 0.350 e. The summed E-state index contributed by atoms with van der Waals surface area (Å²) >= 11 is 0. The Morgan fingerprint density at radius 3 is 2.82 bits per heavy atom. The van der Waals surface area contributed by atoms with Gasteiger partial charge in [0, 0.05) is 19.5 Å². The third kappa shape index (κ3) is 3.04. The Morgan fingerprint density at radius 1 is 1.29 bits per heavy atom. The molecule has 146 valence electrons. The standard InChI is InChI=1S/C20H23N5O3/c1-13-12-15-6-3-4-7-16(15)25-18(13)22-24(20(25)28)11-9-21-19(27)14(2)23-10-5-8-17(23)26/h3-4,6-7,12,14H,5,8-11H2,1-2H3,(H,21,27)/t14-/m1/s1. The van der Waals surface area contributed by atoms with E-state index < -0.39 is 6.04 Å². The van der Waals surface area contributed by atoms with Crippen LogP contribution in [-0.4, -0.2) is 50.0 Å². The van der Waals surface area contributed by atoms with E-state index in [-0.39, 0.29) is 30.6 Å². The predicted molar refractivity (Wildman–Crippen MR) is 105 cm³/mol. The molecule has 0 unspecified atom stereocenters. The zero-order chi connectivity index (χ0) is 19.8. The highest BCUT2D eigenvalue weighted by molar-refractivity contribution is 5.88. The van der Waals surface area contributed by atoms with Crippen LogP contribution in [0.4, 0.5) is 0 Å². The number of carbonyl (C=O) groups is 2. The van der Waals surface area contributed by atoms with E-state index in [0.717, 1.165) is 22.9 Å². The van der Waals surface area contributed by atoms with Gasteiger partial charge in [-0.05, 0) is 43.4 Å². The predicted octanol–water partition coefficient (Wildman–Crippen LogP) is 1.08. The molecule has 3 heterocycles. The second-order valence-electron chi connectivity index (χ2n) is 7.21. The number of aryl methyl sites for hydroxylation is 1. The quantitative estimate of drug-likeness (QED) is 0.716. The topological polar surface area (TPSA) is 88.7 Å². The van der Waals surface area contributed by atoms with Crippen LogP contribution in [0.3, 0.4) is 0 Å². The lowest BCUT2D eigenvalue weighted by Crippen LogP contribution is -2.46. The summed E-state index contributed by atoms with van der Waals surface area (Å²) in [5.74, 6) is -0.199. The Bertz CT molecular complexity index is 1130. The number of amides is 2. The summed E-state index contributed by atoms with van der Waals surface area (Å²) in [5.41, 5.74) is 2.11. The molecular weight excluding hydrogens is 358 g/mol. The maximum absolute atomic E-state index is 12.9. The number of pyridine rings is 1. The molecule has 0 radical (unpaired) electrons. The van der Waals surface area contributed by atoms with Gasteiger partial charge in [-0.1, -0.05) is 18.2 Å². The molecule has 3 aromatic rings. The average Bonchev–Trinajstić information content (AvgIpc) is 3.25. The number of rotatable bonds is 5. The van der Waals surface area contributed by atoms with Crippen molar-refractivity contribution in [2.45, 2.75) is 39.3 Å². The highest BCUT2D eigenvalue weighted by Gasteiger charge is 2.29. The van der Waals surface area contributed by atoms with E-state index in [0.29, 0.717) is 18.6 Å². The molecule has 0 spiro atoms. The minimum absolute atomic E-state index is 0.0153. The largest absolute Gasteiger partial charge is 0.352 e. The van der Waals surface area contributed by atoms with Crippen molar-refractivity contribution < 1.29 is 9.59 Å². The van der Waals surface area contributed by atoms with Crippen molar-refractivity contribution in [2.75, 3.05) is 13.1 Å². The number of nitrogens with zero attached hydrogens (tertiary/aromatic N) is 4. The van der Waals surface area contributed by atoms with Gasteiger partial charge in [-0.2, -0.15) is 0 Å². The summed E-state index contributed by atoms with van der Waals surface area (Å²) in [4.78, 5) is 38.6. The Morgan fingerprint density at radius 2 is 2.07 bits per heavy atom. The second kappa shape index (κ2) is 7.10. The first kappa shape index (κ1) is 18.2. The van der Waals surface area contributed by atoms with Gasteiger partial charge in [0.25, 0.3) is 0 Å². The zero-order valence-electron chi connectivity index (χ0n) is 16.0. The monoisotopic (exact) mass is 381 g/mol. The van der Waals surface area contributed by atoms with Gasteiger partial charge in [0.2, 0.25) is 11.8 Å². The first-order valence-corrected chi connectivity index (χ1v) is 9.52. The van der Waals surface area contributed by atoms with Crippen LogP contribution in [0.25, 0.3) is 16.6 Å². The Hall–Kier alpha value is -3.16. The number of benzene rings is 1. The average molecular weight is 381 g/mol. The molecule has 8 heteroatoms. The number of nitrogens with one attached hydrogen (secondary N) is 1. The normalized spacial score (nSPS) is 15.5. The molecule has 0 bridgehead atoms. The van der Waals surface area contributed by atoms with Crippen LogP contribution >= 0.6 is 0 Å². The minimum atomic E-state index is -0.501. The lowest BCUT2D eigenvalue weighted by Gasteiger charge is -2.23. The van der Waals surface area contributed by atoms with Crippen LogP contribution in [-0.2, 0) is 16.1 Å². The maximum Gasteiger partial charge on any atom is 0.350 e. The Labute approximate surface area is 161 Å². The fourth-order valence-electron chi connectivity index (χ4n) is 3.79. The SMILES string of the molecule is Cc1cc2ccccc2n2c(=O)n(CCNC(=O)[C@@H](C)N3CCCC3=O)nc12. The van der Waals surface area contributed by atoms with Crippen LogP contribution < -0.4 is 11.0 Å². The zero-order valence-corrected chi connectivity index (χ0v) is 16.0. The van der Waals surface area contributed by atoms with Gasteiger partial charge in [-0.3, -0.25) is 9.59 Å². The minimum Gasteiger partial charge on any atom is -0.352 e. The van der Waals surface area contributed by atoms with Crippen LogP contribution in [0, 0.1) is 6.92 Å². The van der Waals surface area contributed by atoms with Crippen molar-refractivity contribution in [3.63, 3.8) is 0 Å². The maximum atomic E-state index is 12.9. The highest BCUT2D eigenvalue weighted by Crippen LogP contribution is 2.18. The van der Waals surface area contributed by atoms with Gasteiger partial charge >= 0.3 is 5.69 Å². The molecule has 2 aromatic heterocycles. The Kier molecular flexibility index (Phi) is 4.62. The summed E-state index contributed by atoms with van der Waals surface area (Å²) in [7, 11) is 0. The number of hydrogen-bond donors (Lipinski definition) is 1. The van der Waals surface area contributed by atoms with E-state index in [2.05, 4.69) is 10.4 Å². The number of para-hydroxylation sites is 1. The van der Waals surface area contributed by atoms with Crippen molar-refractivity contribution in [1.29, 1.82) is 0 Å². The fourth-order valence-corrected chi connectivity index (χ4v) is 3.79. The summed E-state index contributed by atoms with van der Waals surface area (Å²) in [6.07, 6.45) is 1.29. The molecule has 1 aromatic carbocycles. The highest BCUT2D eigenvalue weighted by atomic mass is 16.2. The van der Waals surface area contributed by atoms with E-state index >= 15 is 0 Å². The lowest BCUT2D eigenvalue weighted by atomic mass is 10.1. The molecule has 0 aliphatic carbocycles. The van der Waals surface area contributed by atoms with E-state index in [9.17, 15) is 14.4 Å². The van der Waals surface area contributed by atoms with Gasteiger partial charge in [-0.15, -0.1) is 5.10 Å². The molecule has 4 rings (SSSR count). The van der Waals surface area contributed by atoms with Crippen LogP contribution in [0.1, 0.15) is 25.3 Å². The third-order valence-electron chi connectivity index (χ3n) is 5.32. The molecule has 2 amide bonds. The van der Waals surface area contributed by atoms with Crippen molar-refractivity contribution in [3.05, 3.63) is 46.4 Å². The van der Waals surface area contributed by atoms with E-state index in [1.165, 1.54) is 4.68 Å². The van der Waals surface area contributed by atoms with Crippen molar-refractivity contribution in [1.82, 2.24) is 24.4 Å². The summed E-state index contributed by atoms with van der Waals surface area (Å²) < 4.78 is 2.98. The van der Waals surface area contributed by atoms with Crippen molar-refractivity contribution in [2.24, 2.45) is 0 Å². The molecule has 0 saturated carbocycles. The second-order valence-corrected chi connectivity index (χ2v) is 7.21. The number of aromatic nitrogens is 3. The first-order chi connectivity index (χ1) is 13.5. The van der Waals surface area contributed by atoms with Gasteiger partial charge in [0.1, 0.15) is 6.04 Å². The van der Waals surface area contributed by atoms with Crippen LogP contribution in [0.15, 0.2) is 35.1 Å². The van der Waals surface area contributed by atoms with Gasteiger partial charge < -0.3 is 10.2 Å². The van der Waals surface area contributed by atoms with E-state index in [1.54, 1.807) is 16.2 Å². The molecule has 8 nitrogen and oxygen atoms in total. The molecule has 1 fully saturated rings. The van der Waals surface area contributed by atoms with Gasteiger partial charge in [0.15, 0.2) is 5.65 Å². The molecule has 1 atom stereocenters. The number of carbonyl (C=O) groups excluding carboxylic acids is 2. The first-order valence-electron chi connectivity index (χ1n) is 9.52. The molecule has 1 N–H and O–H groups in total. The lowest BCUT2D eigenvalue weighted by molar-refractivity contribution is -0.136. The molecule has 1 aliphatic rings. The van der Waals surface area contributed by atoms with Gasteiger partial charge in [0.05, 0.1) is 12.1 Å². The Balaban J connectivity index is 1.51. The van der Waals surface area contributed by atoms with E-state index in [4.69, 9.17) is 0 Å². The van der Waals surface area contributed by atoms with E-state index in [1.807, 2.05) is 37.3 Å². The van der Waals surface area contributed by atoms with Crippen molar-refractivity contribution >= 4 is 28.4 Å². The summed E-state index contributed by atoms with van der Waals surface area (Å²) in [6.45, 7) is 4.80. The third-order valence-corrected chi connectivity index (χ3v) is 5.32. The van der Waals surface area contributed by atoms with Gasteiger partial charge in [-0.25, -0.2) is 13.9 Å². The summed E-state index contributed by atoms with van der Waals surface area (Å²) in [6, 6.07) is 9.20. The fraction of sp³-hybridized carbons (Fsp3) is 0.400. The number of likely N-dealkylation sites (tertiary alicyclic amines) is 1. The van der Waals surface area contributed by atoms with Crippen LogP contribution in [0.2, 0.25) is 0 Å². The van der Waals surface area contributed by atoms with Crippen molar-refractivity contribution in [3.8, 4) is 0 Å². The molecule has 28 heavy (non-hydrogen) atoms. The molecule has 1 saturated heterocycles. The molecule has 1 aliphatic heterocycles. The summed E-state index contributed by atoms with van der Waals surface area (Å²) in [5, 5.41) is 8.23.